The second-order valence-corrected chi connectivity index (χ2v) is 7.03. The number of likely N-dealkylation sites (tertiary alicyclic amines) is 1. The first-order chi connectivity index (χ1) is 12.1. The Labute approximate surface area is 148 Å². The molecule has 6 nitrogen and oxygen atoms in total. The first-order valence-corrected chi connectivity index (χ1v) is 9.14. The Morgan fingerprint density at radius 1 is 1.32 bits per heavy atom. The molecule has 1 saturated heterocycles. The van der Waals surface area contributed by atoms with Crippen molar-refractivity contribution in [1.29, 1.82) is 0 Å². The predicted molar refractivity (Wildman–Crippen MR) is 98.5 cm³/mol. The number of nitrogens with zero attached hydrogens (tertiary/aromatic N) is 3. The minimum absolute atomic E-state index is 0.00359. The summed E-state index contributed by atoms with van der Waals surface area (Å²) in [7, 11) is 0. The van der Waals surface area contributed by atoms with E-state index in [-0.39, 0.29) is 18.1 Å². The van der Waals surface area contributed by atoms with Crippen LogP contribution in [0.2, 0.25) is 0 Å². The number of carbonyl (C=O) groups excluding carboxylic acids is 1. The van der Waals surface area contributed by atoms with Crippen molar-refractivity contribution in [1.82, 2.24) is 19.8 Å². The topological polar surface area (TPSA) is 70.4 Å². The van der Waals surface area contributed by atoms with E-state index in [4.69, 9.17) is 0 Å². The molecule has 3 rings (SSSR count). The molecule has 0 bridgehead atoms. The molecule has 1 aromatic heterocycles. The van der Waals surface area contributed by atoms with Gasteiger partial charge in [-0.1, -0.05) is 19.1 Å². The van der Waals surface area contributed by atoms with Crippen molar-refractivity contribution in [3.63, 3.8) is 0 Å². The van der Waals surface area contributed by atoms with Crippen molar-refractivity contribution in [3.8, 4) is 0 Å². The Kier molecular flexibility index (Phi) is 5.27. The molecule has 0 spiro atoms. The summed E-state index contributed by atoms with van der Waals surface area (Å²) in [6, 6.07) is 8.05. The van der Waals surface area contributed by atoms with Crippen molar-refractivity contribution >= 4 is 17.1 Å². The van der Waals surface area contributed by atoms with Crippen molar-refractivity contribution in [2.45, 2.75) is 39.7 Å². The number of benzene rings is 1. The summed E-state index contributed by atoms with van der Waals surface area (Å²) >= 11 is 0. The number of urea groups is 1. The fourth-order valence-electron chi connectivity index (χ4n) is 3.67. The normalized spacial score (nSPS) is 17.0. The molecule has 1 aliphatic rings. The van der Waals surface area contributed by atoms with E-state index in [1.54, 1.807) is 0 Å². The van der Waals surface area contributed by atoms with E-state index in [1.807, 2.05) is 30.0 Å². The average Bonchev–Trinajstić information content (AvgIpc) is 2.97. The summed E-state index contributed by atoms with van der Waals surface area (Å²) in [6.07, 6.45) is 2.71. The monoisotopic (exact) mass is 344 g/mol. The standard InChI is InChI=1S/C19H28N4O2/c1-3-19(14-24)8-11-22(12-9-19)18(25)20-10-13-23-15(2)21-16-6-4-5-7-17(16)23/h4-7,24H,3,8-14H2,1-2H3,(H,20,25). The van der Waals surface area contributed by atoms with Crippen molar-refractivity contribution in [2.24, 2.45) is 5.41 Å². The molecule has 0 saturated carbocycles. The van der Waals surface area contributed by atoms with E-state index in [0.717, 1.165) is 36.1 Å². The van der Waals surface area contributed by atoms with Crippen LogP contribution in [0.3, 0.4) is 0 Å². The summed E-state index contributed by atoms with van der Waals surface area (Å²) in [5, 5.41) is 12.6. The van der Waals surface area contributed by atoms with Crippen LogP contribution in [0.4, 0.5) is 4.79 Å². The number of hydrogen-bond acceptors (Lipinski definition) is 3. The first-order valence-electron chi connectivity index (χ1n) is 9.14. The van der Waals surface area contributed by atoms with Crippen LogP contribution in [-0.4, -0.2) is 51.8 Å². The van der Waals surface area contributed by atoms with Gasteiger partial charge >= 0.3 is 6.03 Å². The maximum atomic E-state index is 12.4. The Hall–Kier alpha value is -2.08. The zero-order chi connectivity index (χ0) is 17.9. The van der Waals surface area contributed by atoms with Crippen molar-refractivity contribution in [3.05, 3.63) is 30.1 Å². The second-order valence-electron chi connectivity index (χ2n) is 7.03. The summed E-state index contributed by atoms with van der Waals surface area (Å²) in [5.74, 6) is 0.962. The molecule has 2 N–H and O–H groups in total. The van der Waals surface area contributed by atoms with Gasteiger partial charge < -0.3 is 19.9 Å². The van der Waals surface area contributed by atoms with Gasteiger partial charge in [-0.25, -0.2) is 9.78 Å². The van der Waals surface area contributed by atoms with Gasteiger partial charge in [0.05, 0.1) is 11.0 Å². The van der Waals surface area contributed by atoms with Gasteiger partial charge in [-0.15, -0.1) is 0 Å². The average molecular weight is 344 g/mol. The predicted octanol–water partition coefficient (Wildman–Crippen LogP) is 2.54. The van der Waals surface area contributed by atoms with E-state index >= 15 is 0 Å². The lowest BCUT2D eigenvalue weighted by Gasteiger charge is -2.40. The molecule has 1 aliphatic heterocycles. The SMILES string of the molecule is CCC1(CO)CCN(C(=O)NCCn2c(C)nc3ccccc32)CC1. The molecular formula is C19H28N4O2. The highest BCUT2D eigenvalue weighted by Crippen LogP contribution is 2.34. The number of imidazole rings is 1. The van der Waals surface area contributed by atoms with E-state index in [0.29, 0.717) is 26.2 Å². The summed E-state index contributed by atoms with van der Waals surface area (Å²) in [5.41, 5.74) is 2.09. The lowest BCUT2D eigenvalue weighted by molar-refractivity contribution is 0.0520. The number of fused-ring (bicyclic) bond motifs is 1. The van der Waals surface area contributed by atoms with Gasteiger partial charge in [0.25, 0.3) is 0 Å². The Balaban J connectivity index is 1.52. The summed E-state index contributed by atoms with van der Waals surface area (Å²) < 4.78 is 2.14. The smallest absolute Gasteiger partial charge is 0.317 e. The van der Waals surface area contributed by atoms with E-state index in [1.165, 1.54) is 0 Å². The molecule has 25 heavy (non-hydrogen) atoms. The maximum Gasteiger partial charge on any atom is 0.317 e. The fourth-order valence-corrected chi connectivity index (χ4v) is 3.67. The van der Waals surface area contributed by atoms with Crippen LogP contribution in [0.15, 0.2) is 24.3 Å². The minimum atomic E-state index is -0.00952. The zero-order valence-electron chi connectivity index (χ0n) is 15.2. The number of nitrogens with one attached hydrogen (secondary N) is 1. The Morgan fingerprint density at radius 3 is 2.72 bits per heavy atom. The molecule has 2 heterocycles. The number of amides is 2. The Bertz CT molecular complexity index is 726. The highest BCUT2D eigenvalue weighted by Gasteiger charge is 2.33. The van der Waals surface area contributed by atoms with Crippen LogP contribution < -0.4 is 5.32 Å². The summed E-state index contributed by atoms with van der Waals surface area (Å²) in [4.78, 5) is 18.8. The molecule has 6 heteroatoms. The second kappa shape index (κ2) is 7.44. The van der Waals surface area contributed by atoms with Gasteiger partial charge in [0, 0.05) is 32.8 Å². The molecule has 0 atom stereocenters. The number of para-hydroxylation sites is 2. The van der Waals surface area contributed by atoms with Crippen molar-refractivity contribution < 1.29 is 9.90 Å². The largest absolute Gasteiger partial charge is 0.396 e. The maximum absolute atomic E-state index is 12.4. The van der Waals surface area contributed by atoms with Crippen LogP contribution in [0, 0.1) is 12.3 Å². The van der Waals surface area contributed by atoms with Gasteiger partial charge in [-0.2, -0.15) is 0 Å². The number of aromatic nitrogens is 2. The summed E-state index contributed by atoms with van der Waals surface area (Å²) in [6.45, 7) is 7.04. The molecule has 2 amide bonds. The zero-order valence-corrected chi connectivity index (χ0v) is 15.2. The van der Waals surface area contributed by atoms with Crippen molar-refractivity contribution in [2.75, 3.05) is 26.2 Å². The van der Waals surface area contributed by atoms with E-state index < -0.39 is 0 Å². The van der Waals surface area contributed by atoms with Gasteiger partial charge in [0.15, 0.2) is 0 Å². The molecule has 0 radical (unpaired) electrons. The third-order valence-corrected chi connectivity index (χ3v) is 5.65. The molecule has 136 valence electrons. The molecule has 1 fully saturated rings. The van der Waals surface area contributed by atoms with Gasteiger partial charge in [0.2, 0.25) is 0 Å². The molecule has 0 unspecified atom stereocenters. The third kappa shape index (κ3) is 3.63. The number of aliphatic hydroxyl groups excluding tert-OH is 1. The molecule has 0 aliphatic carbocycles. The van der Waals surface area contributed by atoms with Gasteiger partial charge in [0.1, 0.15) is 5.82 Å². The fraction of sp³-hybridized carbons (Fsp3) is 0.579. The highest BCUT2D eigenvalue weighted by atomic mass is 16.3. The van der Waals surface area contributed by atoms with Crippen LogP contribution in [-0.2, 0) is 6.54 Å². The quantitative estimate of drug-likeness (QED) is 0.876. The van der Waals surface area contributed by atoms with E-state index in [9.17, 15) is 9.90 Å². The van der Waals surface area contributed by atoms with Crippen LogP contribution in [0.1, 0.15) is 32.0 Å². The number of aryl methyl sites for hydroxylation is 1. The van der Waals surface area contributed by atoms with Gasteiger partial charge in [-0.05, 0) is 43.7 Å². The number of piperidine rings is 1. The lowest BCUT2D eigenvalue weighted by atomic mass is 9.77. The molecular weight excluding hydrogens is 316 g/mol. The number of hydrogen-bond donors (Lipinski definition) is 2. The van der Waals surface area contributed by atoms with Crippen LogP contribution in [0.5, 0.6) is 0 Å². The van der Waals surface area contributed by atoms with E-state index in [2.05, 4.69) is 27.9 Å². The highest BCUT2D eigenvalue weighted by molar-refractivity contribution is 5.76. The lowest BCUT2D eigenvalue weighted by Crippen LogP contribution is -2.48. The van der Waals surface area contributed by atoms with Crippen LogP contribution in [0.25, 0.3) is 11.0 Å². The number of rotatable bonds is 5. The first kappa shape index (κ1) is 17.7. The number of carbonyl (C=O) groups is 1. The third-order valence-electron chi connectivity index (χ3n) is 5.65. The Morgan fingerprint density at radius 2 is 2.04 bits per heavy atom. The van der Waals surface area contributed by atoms with Gasteiger partial charge in [-0.3, -0.25) is 0 Å². The minimum Gasteiger partial charge on any atom is -0.396 e. The molecule has 1 aromatic carbocycles. The van der Waals surface area contributed by atoms with Crippen LogP contribution >= 0.6 is 0 Å². The number of aliphatic hydroxyl groups is 1. The molecule has 2 aromatic rings.